The molecule has 0 bridgehead atoms. The van der Waals surface area contributed by atoms with E-state index in [1.54, 1.807) is 0 Å². The van der Waals surface area contributed by atoms with Crippen molar-refractivity contribution in [3.63, 3.8) is 0 Å². The van der Waals surface area contributed by atoms with E-state index in [2.05, 4.69) is 0 Å². The van der Waals surface area contributed by atoms with Crippen LogP contribution in [0.2, 0.25) is 0 Å². The minimum atomic E-state index is 0. The van der Waals surface area contributed by atoms with Gasteiger partial charge in [0.25, 0.3) is 0 Å². The molecule has 0 aromatic heterocycles. The van der Waals surface area contributed by atoms with Crippen LogP contribution in [-0.4, -0.2) is 0 Å². The summed E-state index contributed by atoms with van der Waals surface area (Å²) in [6.45, 7) is 0. The Hall–Kier alpha value is 0.0503. The van der Waals surface area contributed by atoms with Gasteiger partial charge >= 0.3 is 0 Å². The molecule has 27 valence electrons. The summed E-state index contributed by atoms with van der Waals surface area (Å²) in [4.78, 5) is 9.36. The first-order chi connectivity index (χ1) is 1.41. The molecule has 0 saturated heterocycles. The Labute approximate surface area is 38.4 Å². The van der Waals surface area contributed by atoms with E-state index in [-0.39, 0.29) is 22.4 Å². The molecule has 0 aromatic carbocycles. The number of hydrogen-bond donors (Lipinski definition) is 0. The van der Waals surface area contributed by atoms with E-state index in [1.165, 1.54) is 4.97 Å². The summed E-state index contributed by atoms with van der Waals surface area (Å²) in [5, 5.41) is 0. The van der Waals surface area contributed by atoms with Crippen LogP contribution in [0.4, 0.5) is 0 Å². The summed E-state index contributed by atoms with van der Waals surface area (Å²) in [6.07, 6.45) is 0. The smallest absolute Gasteiger partial charge is 0.151 e. The van der Waals surface area contributed by atoms with Crippen LogP contribution in [0.3, 0.4) is 0 Å². The van der Waals surface area contributed by atoms with Gasteiger partial charge in [0.15, 0.2) is 4.91 Å². The van der Waals surface area contributed by atoms with Crippen molar-refractivity contribution in [2.75, 3.05) is 0 Å². The van der Waals surface area contributed by atoms with Crippen LogP contribution >= 0.6 is 0 Å². The van der Waals surface area contributed by atoms with Crippen molar-refractivity contribution in [3.8, 4) is 0 Å². The van der Waals surface area contributed by atoms with Gasteiger partial charge in [-0.25, -0.2) is 0 Å². The Bertz CT molecular complexity index is 27.0. The fraction of sp³-hybridized carbons (Fsp3) is 0. The molecule has 0 fully saturated rings. The average Bonchev–Trinajstić information content (AvgIpc) is 0.918. The zero-order valence-electron chi connectivity index (χ0n) is 1.60. The molecular formula is AuN2O. The van der Waals surface area contributed by atoms with Crippen molar-refractivity contribution in [2.24, 2.45) is 0 Å². The van der Waals surface area contributed by atoms with Crippen LogP contribution in [0.25, 0.3) is 5.53 Å². The predicted octanol–water partition coefficient (Wildman–Crippen LogP) is -0.161. The third-order valence-corrected chi connectivity index (χ3v) is 0. The molecule has 0 aliphatic carbocycles. The summed E-state index contributed by atoms with van der Waals surface area (Å²) in [5.41, 5.74) is 6.64. The Balaban J connectivity index is 0. The molecule has 0 unspecified atom stereocenters. The minimum absolute atomic E-state index is 0. The second-order valence-electron chi connectivity index (χ2n) is 0.0816. The van der Waals surface area contributed by atoms with Crippen LogP contribution in [0.15, 0.2) is 0 Å². The van der Waals surface area contributed by atoms with E-state index in [0.29, 0.717) is 0 Å². The molecule has 0 spiro atoms. The van der Waals surface area contributed by atoms with Gasteiger partial charge < -0.3 is 0 Å². The monoisotopic (exact) mass is 241 g/mol. The first kappa shape index (κ1) is 8.96. The van der Waals surface area contributed by atoms with Gasteiger partial charge in [-0.3, -0.25) is 5.53 Å². The molecule has 1 radical (unpaired) electrons. The molecule has 0 amide bonds. The predicted molar refractivity (Wildman–Crippen MR) is 8.86 cm³/mol. The van der Waals surface area contributed by atoms with Crippen molar-refractivity contribution < 1.29 is 22.4 Å². The van der Waals surface area contributed by atoms with Gasteiger partial charge in [-0.15, -0.1) is 0 Å². The van der Waals surface area contributed by atoms with Crippen molar-refractivity contribution in [1.82, 2.24) is 4.97 Å². The zero-order valence-corrected chi connectivity index (χ0v) is 3.77. The summed E-state index contributed by atoms with van der Waals surface area (Å²) < 4.78 is 0. The van der Waals surface area contributed by atoms with Crippen LogP contribution in [0.5, 0.6) is 0 Å². The number of nitroso groups, excluding NO2 is 1. The fourth-order valence-electron chi connectivity index (χ4n) is 0. The van der Waals surface area contributed by atoms with Crippen molar-refractivity contribution in [1.29, 1.82) is 0 Å². The third-order valence-electron chi connectivity index (χ3n) is 0. The molecule has 0 saturated carbocycles. The topological polar surface area (TPSA) is 53.5 Å². The van der Waals surface area contributed by atoms with Gasteiger partial charge in [0, 0.05) is 22.4 Å². The van der Waals surface area contributed by atoms with E-state index in [9.17, 15) is 0 Å². The SMILES string of the molecule is [Au].[N-]=[N+]=O. The maximum absolute atomic E-state index is 8.11. The molecule has 0 atom stereocenters. The number of hydrogen-bond acceptors (Lipinski definition) is 1. The third kappa shape index (κ3) is 895. The van der Waals surface area contributed by atoms with Crippen molar-refractivity contribution >= 4 is 0 Å². The Morgan fingerprint density at radius 3 is 1.75 bits per heavy atom. The standard InChI is InChI=1S/Au.N2O/c;1-2-3. The first-order valence-electron chi connectivity index (χ1n) is 0.383. The van der Waals surface area contributed by atoms with Crippen LogP contribution in [-0.2, 0) is 22.4 Å². The molecule has 4 heavy (non-hydrogen) atoms. The quantitative estimate of drug-likeness (QED) is 0.330. The van der Waals surface area contributed by atoms with E-state index in [1.807, 2.05) is 0 Å². The normalized spacial score (nSPS) is 2.00. The minimum Gasteiger partial charge on any atom is -0.294 e. The summed E-state index contributed by atoms with van der Waals surface area (Å²) in [6, 6.07) is 0. The molecule has 0 rings (SSSR count). The number of rotatable bonds is 0. The first-order valence-corrected chi connectivity index (χ1v) is 0.383. The molecule has 0 heterocycles. The van der Waals surface area contributed by atoms with Crippen molar-refractivity contribution in [2.45, 2.75) is 0 Å². The molecule has 0 aliphatic heterocycles. The molecule has 3 nitrogen and oxygen atoms in total. The average molecular weight is 241 g/mol. The van der Waals surface area contributed by atoms with E-state index < -0.39 is 0 Å². The summed E-state index contributed by atoms with van der Waals surface area (Å²) >= 11 is 0. The maximum Gasteiger partial charge on any atom is 0.151 e. The second-order valence-corrected chi connectivity index (χ2v) is 0.0816. The van der Waals surface area contributed by atoms with Crippen LogP contribution < -0.4 is 4.97 Å². The molecule has 0 N–H and O–H groups in total. The van der Waals surface area contributed by atoms with Crippen LogP contribution in [0, 0.1) is 4.91 Å². The Morgan fingerprint density at radius 1 is 1.75 bits per heavy atom. The Kier molecular flexibility index (Phi) is 26.1. The van der Waals surface area contributed by atoms with Gasteiger partial charge in [-0.05, 0) is 0 Å². The van der Waals surface area contributed by atoms with E-state index >= 15 is 0 Å². The fourth-order valence-corrected chi connectivity index (χ4v) is 0. The van der Waals surface area contributed by atoms with E-state index in [4.69, 9.17) is 10.4 Å². The van der Waals surface area contributed by atoms with Gasteiger partial charge in [-0.2, -0.15) is 0 Å². The molecule has 0 aliphatic rings. The van der Waals surface area contributed by atoms with Gasteiger partial charge in [-0.1, -0.05) is 0 Å². The molecule has 4 heteroatoms. The van der Waals surface area contributed by atoms with Gasteiger partial charge in [0.05, 0.1) is 0 Å². The number of nitrogens with zero attached hydrogens (tertiary/aromatic N) is 2. The molecule has 0 aromatic rings. The largest absolute Gasteiger partial charge is 0.294 e. The van der Waals surface area contributed by atoms with Crippen LogP contribution in [0.1, 0.15) is 0 Å². The Morgan fingerprint density at radius 2 is 1.75 bits per heavy atom. The van der Waals surface area contributed by atoms with Crippen molar-refractivity contribution in [3.05, 3.63) is 10.4 Å². The summed E-state index contributed by atoms with van der Waals surface area (Å²) in [7, 11) is 0. The zero-order chi connectivity index (χ0) is 2.71. The summed E-state index contributed by atoms with van der Waals surface area (Å²) in [5.74, 6) is 0. The molecular weight excluding hydrogens is 241 g/mol. The van der Waals surface area contributed by atoms with Gasteiger partial charge in [0.2, 0.25) is 0 Å². The van der Waals surface area contributed by atoms with Gasteiger partial charge in [0.1, 0.15) is 4.97 Å². The van der Waals surface area contributed by atoms with E-state index in [0.717, 1.165) is 0 Å². The second kappa shape index (κ2) is 11.6. The maximum atomic E-state index is 8.11.